The minimum Gasteiger partial charge on any atom is -0.481 e. The molecular formula is C9H12N2O3. The molecule has 1 aromatic heterocycles. The topological polar surface area (TPSA) is 76.2 Å². The molecule has 1 fully saturated rings. The first-order valence-electron chi connectivity index (χ1n) is 4.80. The van der Waals surface area contributed by atoms with E-state index in [0.29, 0.717) is 24.1 Å². The molecule has 1 N–H and O–H groups in total. The fourth-order valence-corrected chi connectivity index (χ4v) is 1.40. The highest BCUT2D eigenvalue weighted by atomic mass is 16.4. The van der Waals surface area contributed by atoms with Gasteiger partial charge in [-0.1, -0.05) is 6.42 Å². The van der Waals surface area contributed by atoms with Gasteiger partial charge in [-0.2, -0.15) is 0 Å². The third kappa shape index (κ3) is 1.92. The molecule has 5 nitrogen and oxygen atoms in total. The van der Waals surface area contributed by atoms with E-state index in [0.717, 1.165) is 12.8 Å². The Morgan fingerprint density at radius 3 is 2.86 bits per heavy atom. The number of carboxylic acid groups (broad SMARTS) is 1. The highest BCUT2D eigenvalue weighted by molar-refractivity contribution is 5.66. The minimum atomic E-state index is -0.839. The Labute approximate surface area is 81.1 Å². The number of aliphatic carboxylic acids is 1. The quantitative estimate of drug-likeness (QED) is 0.786. The molecule has 0 unspecified atom stereocenters. The number of aromatic nitrogens is 2. The zero-order valence-corrected chi connectivity index (χ0v) is 7.77. The van der Waals surface area contributed by atoms with Gasteiger partial charge >= 0.3 is 5.97 Å². The second-order valence-corrected chi connectivity index (χ2v) is 3.56. The molecular weight excluding hydrogens is 184 g/mol. The summed E-state index contributed by atoms with van der Waals surface area (Å²) in [7, 11) is 0. The Bertz CT molecular complexity index is 331. The van der Waals surface area contributed by atoms with Crippen LogP contribution in [0.5, 0.6) is 0 Å². The van der Waals surface area contributed by atoms with Crippen molar-refractivity contribution in [2.24, 2.45) is 0 Å². The van der Waals surface area contributed by atoms with Gasteiger partial charge in [0.2, 0.25) is 11.8 Å². The number of hydrogen-bond acceptors (Lipinski definition) is 4. The van der Waals surface area contributed by atoms with Crippen molar-refractivity contribution < 1.29 is 14.3 Å². The van der Waals surface area contributed by atoms with E-state index < -0.39 is 5.97 Å². The van der Waals surface area contributed by atoms with Gasteiger partial charge in [-0.15, -0.1) is 10.2 Å². The Hall–Kier alpha value is -1.39. The van der Waals surface area contributed by atoms with Crippen LogP contribution >= 0.6 is 0 Å². The van der Waals surface area contributed by atoms with Crippen LogP contribution in [0.2, 0.25) is 0 Å². The molecule has 0 spiro atoms. The van der Waals surface area contributed by atoms with E-state index in [2.05, 4.69) is 10.2 Å². The summed E-state index contributed by atoms with van der Waals surface area (Å²) in [5.41, 5.74) is 0. The molecule has 1 saturated carbocycles. The predicted octanol–water partition coefficient (Wildman–Crippen LogP) is 1.35. The van der Waals surface area contributed by atoms with Crippen LogP contribution in [0.4, 0.5) is 0 Å². The zero-order chi connectivity index (χ0) is 9.97. The molecule has 5 heteroatoms. The van der Waals surface area contributed by atoms with Crippen molar-refractivity contribution in [2.75, 3.05) is 0 Å². The molecule has 14 heavy (non-hydrogen) atoms. The molecule has 76 valence electrons. The van der Waals surface area contributed by atoms with E-state index in [4.69, 9.17) is 9.52 Å². The summed E-state index contributed by atoms with van der Waals surface area (Å²) < 4.78 is 5.35. The average Bonchev–Trinajstić information content (AvgIpc) is 2.46. The molecule has 1 aliphatic carbocycles. The normalized spacial score (nSPS) is 16.6. The van der Waals surface area contributed by atoms with Crippen molar-refractivity contribution in [1.82, 2.24) is 10.2 Å². The van der Waals surface area contributed by atoms with Gasteiger partial charge in [-0.3, -0.25) is 4.79 Å². The fourth-order valence-electron chi connectivity index (χ4n) is 1.40. The maximum Gasteiger partial charge on any atom is 0.303 e. The minimum absolute atomic E-state index is 0.0479. The lowest BCUT2D eigenvalue weighted by atomic mass is 9.85. The van der Waals surface area contributed by atoms with Crippen molar-refractivity contribution in [1.29, 1.82) is 0 Å². The number of carboxylic acids is 1. The first-order valence-corrected chi connectivity index (χ1v) is 4.80. The van der Waals surface area contributed by atoms with Crippen LogP contribution < -0.4 is 0 Å². The molecule has 1 aromatic rings. The second-order valence-electron chi connectivity index (χ2n) is 3.56. The smallest absolute Gasteiger partial charge is 0.303 e. The summed E-state index contributed by atoms with van der Waals surface area (Å²) in [5, 5.41) is 16.2. The van der Waals surface area contributed by atoms with Crippen LogP contribution in [0.25, 0.3) is 0 Å². The highest BCUT2D eigenvalue weighted by Crippen LogP contribution is 2.35. The van der Waals surface area contributed by atoms with E-state index in [9.17, 15) is 4.79 Å². The maximum atomic E-state index is 10.3. The lowest BCUT2D eigenvalue weighted by Gasteiger charge is -2.20. The van der Waals surface area contributed by atoms with E-state index in [1.165, 1.54) is 6.42 Å². The van der Waals surface area contributed by atoms with E-state index >= 15 is 0 Å². The van der Waals surface area contributed by atoms with Gasteiger partial charge in [-0.25, -0.2) is 0 Å². The molecule has 0 saturated heterocycles. The van der Waals surface area contributed by atoms with Crippen LogP contribution in [-0.4, -0.2) is 21.3 Å². The molecule has 0 amide bonds. The van der Waals surface area contributed by atoms with Gasteiger partial charge in [0.15, 0.2) is 0 Å². The predicted molar refractivity (Wildman–Crippen MR) is 46.8 cm³/mol. The molecule has 1 heterocycles. The third-order valence-electron chi connectivity index (χ3n) is 2.49. The van der Waals surface area contributed by atoms with Gasteiger partial charge < -0.3 is 9.52 Å². The Morgan fingerprint density at radius 1 is 1.50 bits per heavy atom. The highest BCUT2D eigenvalue weighted by Gasteiger charge is 2.25. The maximum absolute atomic E-state index is 10.3. The summed E-state index contributed by atoms with van der Waals surface area (Å²) >= 11 is 0. The van der Waals surface area contributed by atoms with E-state index in [-0.39, 0.29) is 6.42 Å². The van der Waals surface area contributed by atoms with Crippen molar-refractivity contribution in [3.63, 3.8) is 0 Å². The summed E-state index contributed by atoms with van der Waals surface area (Å²) in [4.78, 5) is 10.3. The van der Waals surface area contributed by atoms with Gasteiger partial charge in [0.25, 0.3) is 0 Å². The number of rotatable bonds is 4. The van der Waals surface area contributed by atoms with Gasteiger partial charge in [0, 0.05) is 12.3 Å². The lowest BCUT2D eigenvalue weighted by molar-refractivity contribution is -0.137. The van der Waals surface area contributed by atoms with Crippen molar-refractivity contribution in [3.8, 4) is 0 Å². The van der Waals surface area contributed by atoms with Gasteiger partial charge in [0.05, 0.1) is 6.42 Å². The Balaban J connectivity index is 1.92. The van der Waals surface area contributed by atoms with Gasteiger partial charge in [0.1, 0.15) is 0 Å². The van der Waals surface area contributed by atoms with Crippen LogP contribution in [-0.2, 0) is 11.2 Å². The number of hydrogen-bond donors (Lipinski definition) is 1. The van der Waals surface area contributed by atoms with E-state index in [1.807, 2.05) is 0 Å². The molecule has 1 aliphatic rings. The number of nitrogens with zero attached hydrogens (tertiary/aromatic N) is 2. The van der Waals surface area contributed by atoms with E-state index in [1.54, 1.807) is 0 Å². The van der Waals surface area contributed by atoms with Crippen molar-refractivity contribution >= 4 is 5.97 Å². The Kier molecular flexibility index (Phi) is 2.47. The lowest BCUT2D eigenvalue weighted by Crippen LogP contribution is -2.08. The fraction of sp³-hybridized carbons (Fsp3) is 0.667. The first-order chi connectivity index (χ1) is 6.75. The number of aryl methyl sites for hydroxylation is 1. The Morgan fingerprint density at radius 2 is 2.29 bits per heavy atom. The third-order valence-corrected chi connectivity index (χ3v) is 2.49. The summed E-state index contributed by atoms with van der Waals surface area (Å²) in [6.45, 7) is 0. The second kappa shape index (κ2) is 3.77. The van der Waals surface area contributed by atoms with Crippen LogP contribution in [0.15, 0.2) is 4.42 Å². The summed E-state index contributed by atoms with van der Waals surface area (Å²) in [6.07, 6.45) is 3.82. The van der Waals surface area contributed by atoms with Crippen molar-refractivity contribution in [3.05, 3.63) is 11.8 Å². The average molecular weight is 196 g/mol. The molecule has 0 radical (unpaired) electrons. The van der Waals surface area contributed by atoms with Crippen LogP contribution in [0, 0.1) is 0 Å². The standard InChI is InChI=1S/C9H12N2O3/c12-8(13)5-4-7-10-11-9(14-7)6-2-1-3-6/h6H,1-5H2,(H,12,13). The van der Waals surface area contributed by atoms with Crippen LogP contribution in [0.1, 0.15) is 43.4 Å². The van der Waals surface area contributed by atoms with Crippen LogP contribution in [0.3, 0.4) is 0 Å². The molecule has 0 aliphatic heterocycles. The monoisotopic (exact) mass is 196 g/mol. The number of carbonyl (C=O) groups is 1. The molecule has 0 bridgehead atoms. The zero-order valence-electron chi connectivity index (χ0n) is 7.77. The summed E-state index contributed by atoms with van der Waals surface area (Å²) in [5.74, 6) is 0.695. The van der Waals surface area contributed by atoms with Crippen molar-refractivity contribution in [2.45, 2.75) is 38.0 Å². The molecule has 0 aromatic carbocycles. The SMILES string of the molecule is O=C(O)CCc1nnc(C2CCC2)o1. The largest absolute Gasteiger partial charge is 0.481 e. The molecule has 2 rings (SSSR count). The molecule has 0 atom stereocenters. The van der Waals surface area contributed by atoms with Gasteiger partial charge in [-0.05, 0) is 12.8 Å². The summed E-state index contributed by atoms with van der Waals surface area (Å²) in [6, 6.07) is 0. The first kappa shape index (κ1) is 9.18.